The fourth-order valence-electron chi connectivity index (χ4n) is 1.71. The van der Waals surface area contributed by atoms with Crippen LogP contribution in [-0.4, -0.2) is 20.6 Å². The molecule has 0 saturated carbocycles. The van der Waals surface area contributed by atoms with Crippen LogP contribution in [0.5, 0.6) is 0 Å². The molecule has 0 radical (unpaired) electrons. The summed E-state index contributed by atoms with van der Waals surface area (Å²) in [6, 6.07) is 8.77. The molecule has 7 heteroatoms. The Balaban J connectivity index is 1.95. The molecule has 0 fully saturated rings. The lowest BCUT2D eigenvalue weighted by Gasteiger charge is -2.04. The predicted molar refractivity (Wildman–Crippen MR) is 73.3 cm³/mol. The van der Waals surface area contributed by atoms with Gasteiger partial charge < -0.3 is 15.4 Å². The Labute approximate surface area is 115 Å². The highest BCUT2D eigenvalue weighted by Crippen LogP contribution is 2.10. The van der Waals surface area contributed by atoms with E-state index in [1.165, 1.54) is 22.5 Å². The van der Waals surface area contributed by atoms with E-state index in [0.29, 0.717) is 5.69 Å². The molecular weight excluding hydrogens is 260 g/mol. The van der Waals surface area contributed by atoms with E-state index in [0.717, 1.165) is 6.42 Å². The minimum Gasteiger partial charge on any atom is -0.358 e. The van der Waals surface area contributed by atoms with Gasteiger partial charge in [-0.15, -0.1) is 0 Å². The molecule has 2 aromatic rings. The fourth-order valence-corrected chi connectivity index (χ4v) is 1.71. The molecule has 1 aromatic heterocycles. The summed E-state index contributed by atoms with van der Waals surface area (Å²) < 4.78 is 1.23. The number of hydrogen-bond donors (Lipinski definition) is 1. The molecule has 0 aliphatic carbocycles. The highest BCUT2D eigenvalue weighted by atomic mass is 16.6. The van der Waals surface area contributed by atoms with Crippen molar-refractivity contribution >= 4 is 17.4 Å². The van der Waals surface area contributed by atoms with Gasteiger partial charge in [0.05, 0.1) is 17.4 Å². The zero-order valence-corrected chi connectivity index (χ0v) is 10.9. The first kappa shape index (κ1) is 13.7. The van der Waals surface area contributed by atoms with Gasteiger partial charge in [-0.3, -0.25) is 4.79 Å². The van der Waals surface area contributed by atoms with E-state index < -0.39 is 4.92 Å². The maximum Gasteiger partial charge on any atom is 0.389 e. The second-order valence-electron chi connectivity index (χ2n) is 4.23. The fraction of sp³-hybridized carbons (Fsp3) is 0.231. The Bertz CT molecular complexity index is 619. The monoisotopic (exact) mass is 274 g/mol. The number of nitrogens with one attached hydrogen (secondary N) is 1. The van der Waals surface area contributed by atoms with Crippen LogP contribution in [0.1, 0.15) is 12.5 Å². The molecule has 1 amide bonds. The minimum atomic E-state index is -0.599. The number of nitro groups is 1. The minimum absolute atomic E-state index is 0.0661. The van der Waals surface area contributed by atoms with E-state index in [-0.39, 0.29) is 18.3 Å². The summed E-state index contributed by atoms with van der Waals surface area (Å²) in [5.41, 5.74) is 1.87. The third-order valence-corrected chi connectivity index (χ3v) is 2.77. The lowest BCUT2D eigenvalue weighted by Crippen LogP contribution is -2.19. The Morgan fingerprint density at radius 3 is 2.60 bits per heavy atom. The average molecular weight is 274 g/mol. The van der Waals surface area contributed by atoms with Crippen LogP contribution in [0, 0.1) is 10.1 Å². The zero-order chi connectivity index (χ0) is 14.5. The number of benzene rings is 1. The Morgan fingerprint density at radius 1 is 1.35 bits per heavy atom. The van der Waals surface area contributed by atoms with Gasteiger partial charge in [0.15, 0.2) is 0 Å². The van der Waals surface area contributed by atoms with Crippen LogP contribution in [0.15, 0.2) is 36.5 Å². The van der Waals surface area contributed by atoms with Crippen molar-refractivity contribution in [3.63, 3.8) is 0 Å². The van der Waals surface area contributed by atoms with E-state index in [4.69, 9.17) is 0 Å². The highest BCUT2D eigenvalue weighted by Gasteiger charge is 2.13. The molecule has 0 aliphatic rings. The molecule has 1 aromatic carbocycles. The maximum atomic E-state index is 11.8. The van der Waals surface area contributed by atoms with E-state index >= 15 is 0 Å². The Morgan fingerprint density at radius 2 is 2.05 bits per heavy atom. The number of hydrogen-bond acceptors (Lipinski definition) is 4. The van der Waals surface area contributed by atoms with Crippen molar-refractivity contribution in [3.05, 3.63) is 52.2 Å². The molecule has 0 bridgehead atoms. The van der Waals surface area contributed by atoms with E-state index in [2.05, 4.69) is 17.3 Å². The van der Waals surface area contributed by atoms with Crippen molar-refractivity contribution in [3.8, 4) is 0 Å². The highest BCUT2D eigenvalue weighted by molar-refractivity contribution is 5.90. The van der Waals surface area contributed by atoms with Gasteiger partial charge in [0.1, 0.15) is 6.54 Å². The lowest BCUT2D eigenvalue weighted by molar-refractivity contribution is -0.389. The summed E-state index contributed by atoms with van der Waals surface area (Å²) in [4.78, 5) is 21.7. The molecule has 0 atom stereocenters. The van der Waals surface area contributed by atoms with Crippen LogP contribution >= 0.6 is 0 Å². The Hall–Kier alpha value is -2.70. The first-order valence-electron chi connectivity index (χ1n) is 6.15. The van der Waals surface area contributed by atoms with Crippen molar-refractivity contribution in [2.24, 2.45) is 0 Å². The van der Waals surface area contributed by atoms with E-state index in [1.807, 2.05) is 24.3 Å². The summed E-state index contributed by atoms with van der Waals surface area (Å²) in [7, 11) is 0. The third-order valence-electron chi connectivity index (χ3n) is 2.77. The molecule has 1 heterocycles. The third kappa shape index (κ3) is 3.41. The van der Waals surface area contributed by atoms with Gasteiger partial charge in [0.25, 0.3) is 0 Å². The first-order chi connectivity index (χ1) is 9.58. The Kier molecular flexibility index (Phi) is 4.09. The van der Waals surface area contributed by atoms with Crippen molar-refractivity contribution < 1.29 is 9.72 Å². The van der Waals surface area contributed by atoms with Gasteiger partial charge in [0, 0.05) is 5.69 Å². The molecule has 20 heavy (non-hydrogen) atoms. The summed E-state index contributed by atoms with van der Waals surface area (Å²) in [5.74, 6) is -0.558. The van der Waals surface area contributed by atoms with Gasteiger partial charge >= 0.3 is 5.82 Å². The largest absolute Gasteiger partial charge is 0.389 e. The lowest BCUT2D eigenvalue weighted by atomic mass is 10.1. The van der Waals surface area contributed by atoms with Crippen molar-refractivity contribution in [1.82, 2.24) is 9.78 Å². The van der Waals surface area contributed by atoms with Gasteiger partial charge in [-0.05, 0) is 29.0 Å². The number of nitrogens with zero attached hydrogens (tertiary/aromatic N) is 3. The number of amides is 1. The summed E-state index contributed by atoms with van der Waals surface area (Å²) in [6.07, 6.45) is 2.34. The second kappa shape index (κ2) is 5.96. The second-order valence-corrected chi connectivity index (χ2v) is 4.23. The van der Waals surface area contributed by atoms with Gasteiger partial charge in [0.2, 0.25) is 5.91 Å². The van der Waals surface area contributed by atoms with Crippen LogP contribution in [0.3, 0.4) is 0 Å². The normalized spacial score (nSPS) is 10.2. The molecule has 0 unspecified atom stereocenters. The SMILES string of the molecule is CCc1ccc(NC(=O)Cn2ccc([N+](=O)[O-])n2)cc1. The van der Waals surface area contributed by atoms with Gasteiger partial charge in [-0.1, -0.05) is 19.1 Å². The molecule has 0 spiro atoms. The predicted octanol–water partition coefficient (Wildman–Crippen LogP) is 1.99. The van der Waals surface area contributed by atoms with E-state index in [1.54, 1.807) is 0 Å². The molecule has 2 rings (SSSR count). The van der Waals surface area contributed by atoms with Crippen LogP contribution in [0.4, 0.5) is 11.5 Å². The first-order valence-corrected chi connectivity index (χ1v) is 6.15. The molecule has 104 valence electrons. The van der Waals surface area contributed by atoms with Crippen LogP contribution in [0.25, 0.3) is 0 Å². The van der Waals surface area contributed by atoms with E-state index in [9.17, 15) is 14.9 Å². The summed E-state index contributed by atoms with van der Waals surface area (Å²) >= 11 is 0. The van der Waals surface area contributed by atoms with Crippen LogP contribution in [0.2, 0.25) is 0 Å². The zero-order valence-electron chi connectivity index (χ0n) is 10.9. The van der Waals surface area contributed by atoms with Crippen molar-refractivity contribution in [1.29, 1.82) is 0 Å². The van der Waals surface area contributed by atoms with Crippen molar-refractivity contribution in [2.75, 3.05) is 5.32 Å². The maximum absolute atomic E-state index is 11.8. The molecule has 1 N–H and O–H groups in total. The molecule has 0 aliphatic heterocycles. The van der Waals surface area contributed by atoms with Crippen LogP contribution in [-0.2, 0) is 17.8 Å². The summed E-state index contributed by atoms with van der Waals surface area (Å²) in [6.45, 7) is 1.99. The number of aryl methyl sites for hydroxylation is 1. The van der Waals surface area contributed by atoms with Crippen molar-refractivity contribution in [2.45, 2.75) is 19.9 Å². The van der Waals surface area contributed by atoms with Gasteiger partial charge in [-0.25, -0.2) is 0 Å². The number of aromatic nitrogens is 2. The number of carbonyl (C=O) groups is 1. The number of anilines is 1. The number of carbonyl (C=O) groups excluding carboxylic acids is 1. The molecule has 0 saturated heterocycles. The van der Waals surface area contributed by atoms with Crippen LogP contribution < -0.4 is 5.32 Å². The standard InChI is InChI=1S/C13H14N4O3/c1-2-10-3-5-11(6-4-10)14-13(18)9-16-8-7-12(15-16)17(19)20/h3-8H,2,9H2,1H3,(H,14,18). The quantitative estimate of drug-likeness (QED) is 0.666. The topological polar surface area (TPSA) is 90.1 Å². The average Bonchev–Trinajstić information content (AvgIpc) is 2.88. The summed E-state index contributed by atoms with van der Waals surface area (Å²) in [5, 5.41) is 16.9. The van der Waals surface area contributed by atoms with Gasteiger partial charge in [-0.2, -0.15) is 4.68 Å². The number of rotatable bonds is 5. The smallest absolute Gasteiger partial charge is 0.358 e. The molecular formula is C13H14N4O3. The molecule has 7 nitrogen and oxygen atoms in total.